The van der Waals surface area contributed by atoms with Gasteiger partial charge in [-0.15, -0.1) is 0 Å². The largest absolute Gasteiger partial charge is 3.00 e. The number of aromatic carboxylic acids is 4. The van der Waals surface area contributed by atoms with E-state index in [9.17, 15) is 39.6 Å². The van der Waals surface area contributed by atoms with Gasteiger partial charge in [0.1, 0.15) is 0 Å². The van der Waals surface area contributed by atoms with Crippen LogP contribution in [0, 0.1) is 0 Å². The summed E-state index contributed by atoms with van der Waals surface area (Å²) >= 11 is 0. The van der Waals surface area contributed by atoms with Gasteiger partial charge in [0.05, 0.1) is 23.9 Å². The number of rotatable bonds is 4. The number of carbonyl (C=O) groups is 4. The van der Waals surface area contributed by atoms with E-state index in [1.165, 1.54) is 112 Å². The van der Waals surface area contributed by atoms with Crippen LogP contribution in [0.5, 0.6) is 0 Å². The van der Waals surface area contributed by atoms with Crippen molar-refractivity contribution >= 4 is 45.4 Å². The zero-order chi connectivity index (χ0) is 28.8. The summed E-state index contributed by atoms with van der Waals surface area (Å²) < 4.78 is 0. The zero-order valence-electron chi connectivity index (χ0n) is 22.0. The number of nitrogens with zero attached hydrogens (tertiary/aromatic N) is 2. The summed E-state index contributed by atoms with van der Waals surface area (Å²) in [6.07, 6.45) is 0. The first-order valence-electron chi connectivity index (χ1n) is 12.5. The predicted molar refractivity (Wildman–Crippen MR) is 138 cm³/mol. The Morgan fingerprint density at radius 1 is 0.429 bits per heavy atom. The van der Waals surface area contributed by atoms with Crippen molar-refractivity contribution in [2.45, 2.75) is 0 Å². The number of piperazine rings is 3. The number of hydrogen-bond donors (Lipinski definition) is 0. The molecular formula is C30H24Co2N2O8+. The summed E-state index contributed by atoms with van der Waals surface area (Å²) in [5.74, 6) is -5.03. The molecule has 3 saturated heterocycles. The fourth-order valence-electron chi connectivity index (χ4n) is 4.52. The molecule has 0 aromatic heterocycles. The maximum atomic E-state index is 10.6. The van der Waals surface area contributed by atoms with Crippen molar-refractivity contribution in [2.24, 2.45) is 0 Å². The molecule has 3 aliphatic rings. The molecule has 4 aromatic rings. The van der Waals surface area contributed by atoms with Gasteiger partial charge in [0.15, 0.2) is 0 Å². The van der Waals surface area contributed by atoms with Crippen molar-refractivity contribution < 1.29 is 73.2 Å². The van der Waals surface area contributed by atoms with E-state index in [1.807, 2.05) is 0 Å². The second kappa shape index (κ2) is 15.4. The van der Waals surface area contributed by atoms with Crippen LogP contribution in [-0.2, 0) is 33.6 Å². The SMILES string of the molecule is C1CN2CCN1CC2.O=C([O-])c1ccc2cc(C(=O)[O-])ccc2c1.O=C([O-])c1ccc2cc(C(=O)[O-])ccc2c1.[Co+2].[Co+3]. The van der Waals surface area contributed by atoms with Crippen molar-refractivity contribution in [3.8, 4) is 0 Å². The van der Waals surface area contributed by atoms with Gasteiger partial charge in [-0.2, -0.15) is 0 Å². The third kappa shape index (κ3) is 8.85. The van der Waals surface area contributed by atoms with Crippen LogP contribution in [0.1, 0.15) is 41.4 Å². The molecular weight excluding hydrogens is 634 g/mol. The van der Waals surface area contributed by atoms with E-state index in [1.54, 1.807) is 0 Å². The molecule has 219 valence electrons. The van der Waals surface area contributed by atoms with Crippen LogP contribution in [0.2, 0.25) is 0 Å². The summed E-state index contributed by atoms with van der Waals surface area (Å²) in [7, 11) is 0. The standard InChI is InChI=1S/2C12H8O4.C6H12N2.2Co/c2*13-11(14)9-3-1-7-5-10(12(15)16)4-2-8(7)6-9;1-2-8-5-3-7(1)4-6-8;;/h2*1-6H,(H,13,14)(H,15,16);1-6H2;;/q;;;+2;+3/p-4. The molecule has 0 unspecified atom stereocenters. The number of benzene rings is 4. The van der Waals surface area contributed by atoms with Crippen molar-refractivity contribution in [3.63, 3.8) is 0 Å². The normalized spacial score (nSPS) is 16.4. The van der Waals surface area contributed by atoms with Crippen molar-refractivity contribution in [1.82, 2.24) is 9.80 Å². The Morgan fingerprint density at radius 2 is 0.619 bits per heavy atom. The van der Waals surface area contributed by atoms with Gasteiger partial charge >= 0.3 is 33.6 Å². The molecule has 10 nitrogen and oxygen atoms in total. The summed E-state index contributed by atoms with van der Waals surface area (Å²) in [6.45, 7) is 7.92. The summed E-state index contributed by atoms with van der Waals surface area (Å²) in [5, 5.41) is 45.0. The molecule has 3 heterocycles. The predicted octanol–water partition coefficient (Wildman–Crippen LogP) is -1.25. The molecule has 0 amide bonds. The average Bonchev–Trinajstić information content (AvgIpc) is 2.97. The molecule has 1 radical (unpaired) electrons. The summed E-state index contributed by atoms with van der Waals surface area (Å²) in [5.41, 5.74) is 0.254. The van der Waals surface area contributed by atoms with E-state index < -0.39 is 23.9 Å². The Hall–Kier alpha value is -3.79. The van der Waals surface area contributed by atoms with Gasteiger partial charge in [0, 0.05) is 39.3 Å². The van der Waals surface area contributed by atoms with Crippen molar-refractivity contribution in [3.05, 3.63) is 95.1 Å². The number of fused-ring (bicyclic) bond motifs is 5. The third-order valence-corrected chi connectivity index (χ3v) is 6.82. The molecule has 3 aliphatic heterocycles. The van der Waals surface area contributed by atoms with Crippen LogP contribution >= 0.6 is 0 Å². The molecule has 42 heavy (non-hydrogen) atoms. The van der Waals surface area contributed by atoms with Crippen LogP contribution in [0.3, 0.4) is 0 Å². The second-order valence-electron chi connectivity index (χ2n) is 9.39. The van der Waals surface area contributed by atoms with Crippen LogP contribution < -0.4 is 20.4 Å². The average molecular weight is 658 g/mol. The second-order valence-corrected chi connectivity index (χ2v) is 9.39. The monoisotopic (exact) mass is 658 g/mol. The molecule has 0 N–H and O–H groups in total. The van der Waals surface area contributed by atoms with Crippen LogP contribution in [0.25, 0.3) is 21.5 Å². The van der Waals surface area contributed by atoms with E-state index in [-0.39, 0.29) is 55.8 Å². The van der Waals surface area contributed by atoms with E-state index in [0.29, 0.717) is 21.5 Å². The van der Waals surface area contributed by atoms with Crippen molar-refractivity contribution in [1.29, 1.82) is 0 Å². The van der Waals surface area contributed by atoms with Gasteiger partial charge in [-0.05, 0) is 68.1 Å². The molecule has 0 spiro atoms. The van der Waals surface area contributed by atoms with E-state index in [0.717, 1.165) is 0 Å². The van der Waals surface area contributed by atoms with Gasteiger partial charge in [0.25, 0.3) is 0 Å². The molecule has 3 fully saturated rings. The fraction of sp³-hybridized carbons (Fsp3) is 0.200. The quantitative estimate of drug-likeness (QED) is 0.259. The Balaban J connectivity index is 0.000000225. The first-order chi connectivity index (χ1) is 19.1. The maximum absolute atomic E-state index is 10.6. The first-order valence-corrected chi connectivity index (χ1v) is 12.5. The smallest absolute Gasteiger partial charge is 0.545 e. The Morgan fingerprint density at radius 3 is 0.762 bits per heavy atom. The molecule has 12 heteroatoms. The summed E-state index contributed by atoms with van der Waals surface area (Å²) in [6, 6.07) is 17.4. The Labute approximate surface area is 261 Å². The Bertz CT molecular complexity index is 1370. The molecule has 2 bridgehead atoms. The maximum Gasteiger partial charge on any atom is 3.00 e. The van der Waals surface area contributed by atoms with Gasteiger partial charge in [0.2, 0.25) is 0 Å². The minimum atomic E-state index is -1.26. The molecule has 4 aromatic carbocycles. The number of carbonyl (C=O) groups excluding carboxylic acids is 4. The van der Waals surface area contributed by atoms with E-state index in [4.69, 9.17) is 0 Å². The van der Waals surface area contributed by atoms with Crippen LogP contribution in [0.4, 0.5) is 0 Å². The van der Waals surface area contributed by atoms with E-state index >= 15 is 0 Å². The van der Waals surface area contributed by atoms with Gasteiger partial charge in [-0.25, -0.2) is 0 Å². The number of carboxylic acid groups (broad SMARTS) is 4. The number of carboxylic acids is 4. The third-order valence-electron chi connectivity index (χ3n) is 6.82. The zero-order valence-corrected chi connectivity index (χ0v) is 24.1. The minimum absolute atomic E-state index is 0. The van der Waals surface area contributed by atoms with Gasteiger partial charge in [-0.3, -0.25) is 9.80 Å². The van der Waals surface area contributed by atoms with Gasteiger partial charge in [-0.1, -0.05) is 48.5 Å². The topological polar surface area (TPSA) is 167 Å². The number of hydrogen-bond acceptors (Lipinski definition) is 10. The van der Waals surface area contributed by atoms with Crippen LogP contribution in [-0.4, -0.2) is 72.9 Å². The molecule has 0 saturated carbocycles. The fourth-order valence-corrected chi connectivity index (χ4v) is 4.52. The van der Waals surface area contributed by atoms with Gasteiger partial charge < -0.3 is 39.6 Å². The first kappa shape index (κ1) is 34.4. The van der Waals surface area contributed by atoms with Crippen molar-refractivity contribution in [2.75, 3.05) is 39.3 Å². The minimum Gasteiger partial charge on any atom is -0.545 e. The van der Waals surface area contributed by atoms with Crippen LogP contribution in [0.15, 0.2) is 72.8 Å². The summed E-state index contributed by atoms with van der Waals surface area (Å²) in [4.78, 5) is 47.5. The molecule has 0 atom stereocenters. The van der Waals surface area contributed by atoms with E-state index in [2.05, 4.69) is 9.80 Å². The Kier molecular flexibility index (Phi) is 12.7. The molecule has 0 aliphatic carbocycles. The molecule has 7 rings (SSSR count).